The number of hydrogen-bond donors (Lipinski definition) is 1. The lowest BCUT2D eigenvalue weighted by Crippen LogP contribution is -2.40. The largest absolute Gasteiger partial charge is 0.344 e. The zero-order valence-corrected chi connectivity index (χ0v) is 19.1. The van der Waals surface area contributed by atoms with E-state index in [0.29, 0.717) is 12.3 Å². The Balaban J connectivity index is 1.31. The highest BCUT2D eigenvalue weighted by atomic mass is 32.1. The van der Waals surface area contributed by atoms with Crippen molar-refractivity contribution in [1.82, 2.24) is 25.0 Å². The van der Waals surface area contributed by atoms with E-state index in [4.69, 9.17) is 0 Å². The zero-order valence-electron chi connectivity index (χ0n) is 18.3. The molecule has 4 rings (SSSR count). The van der Waals surface area contributed by atoms with Crippen molar-refractivity contribution < 1.29 is 4.79 Å². The first-order valence-electron chi connectivity index (χ1n) is 11.1. The third-order valence-corrected chi connectivity index (χ3v) is 6.86. The van der Waals surface area contributed by atoms with Crippen molar-refractivity contribution in [3.05, 3.63) is 69.9 Å². The van der Waals surface area contributed by atoms with Crippen molar-refractivity contribution in [1.29, 1.82) is 0 Å². The van der Waals surface area contributed by atoms with Gasteiger partial charge in [-0.15, -0.1) is 11.3 Å². The number of aryl methyl sites for hydroxylation is 2. The zero-order chi connectivity index (χ0) is 21.6. The molecule has 1 aliphatic heterocycles. The Morgan fingerprint density at radius 3 is 2.77 bits per heavy atom. The molecule has 6 nitrogen and oxygen atoms in total. The van der Waals surface area contributed by atoms with Gasteiger partial charge in [-0.25, -0.2) is 9.67 Å². The van der Waals surface area contributed by atoms with E-state index in [1.165, 1.54) is 12.8 Å². The van der Waals surface area contributed by atoms with Crippen LogP contribution < -0.4 is 5.32 Å². The third-order valence-electron chi connectivity index (χ3n) is 5.92. The number of thiophene rings is 1. The van der Waals surface area contributed by atoms with Crippen LogP contribution in [0.15, 0.2) is 47.8 Å². The molecule has 164 valence electrons. The maximum absolute atomic E-state index is 12.8. The fraction of sp³-hybridized carbons (Fsp3) is 0.458. The average Bonchev–Trinajstić information content (AvgIpc) is 3.41. The van der Waals surface area contributed by atoms with E-state index in [1.807, 2.05) is 42.8 Å². The molecule has 0 spiro atoms. The minimum Gasteiger partial charge on any atom is -0.344 e. The van der Waals surface area contributed by atoms with Crippen molar-refractivity contribution in [2.24, 2.45) is 5.92 Å². The Kier molecular flexibility index (Phi) is 7.14. The highest BCUT2D eigenvalue weighted by Crippen LogP contribution is 2.26. The number of piperidine rings is 1. The molecule has 7 heteroatoms. The van der Waals surface area contributed by atoms with Gasteiger partial charge in [0, 0.05) is 30.9 Å². The van der Waals surface area contributed by atoms with E-state index in [-0.39, 0.29) is 11.9 Å². The average molecular weight is 438 g/mol. The molecule has 2 aromatic heterocycles. The molecule has 1 aromatic carbocycles. The normalized spacial score (nSPS) is 18.1. The maximum Gasteiger partial charge on any atom is 0.222 e. The van der Waals surface area contributed by atoms with Crippen LogP contribution in [0.5, 0.6) is 0 Å². The standard InChI is InChI=1S/C24H31N5OS/c1-18-25-19(2)29(27-18)17-20-8-6-13-28(16-20)14-12-23(30)26-24(22-11-7-15-31-22)21-9-4-3-5-10-21/h3-5,7,9-11,15,20,24H,6,8,12-14,16-17H2,1-2H3,(H,26,30). The van der Waals surface area contributed by atoms with Crippen molar-refractivity contribution >= 4 is 17.2 Å². The smallest absolute Gasteiger partial charge is 0.222 e. The van der Waals surface area contributed by atoms with Gasteiger partial charge in [0.2, 0.25) is 5.91 Å². The van der Waals surface area contributed by atoms with Crippen molar-refractivity contribution in [2.45, 2.75) is 45.7 Å². The van der Waals surface area contributed by atoms with Crippen molar-refractivity contribution in [3.63, 3.8) is 0 Å². The van der Waals surface area contributed by atoms with Gasteiger partial charge in [0.1, 0.15) is 11.6 Å². The molecule has 0 saturated carbocycles. The molecule has 31 heavy (non-hydrogen) atoms. The molecule has 1 saturated heterocycles. The molecular weight excluding hydrogens is 406 g/mol. The van der Waals surface area contributed by atoms with Gasteiger partial charge in [-0.2, -0.15) is 5.10 Å². The third kappa shape index (κ3) is 5.80. The summed E-state index contributed by atoms with van der Waals surface area (Å²) in [5, 5.41) is 9.83. The predicted octanol–water partition coefficient (Wildman–Crippen LogP) is 3.96. The van der Waals surface area contributed by atoms with Gasteiger partial charge in [0.15, 0.2) is 0 Å². The number of rotatable bonds is 8. The lowest BCUT2D eigenvalue weighted by atomic mass is 9.98. The van der Waals surface area contributed by atoms with E-state index in [2.05, 4.69) is 43.9 Å². The topological polar surface area (TPSA) is 63.1 Å². The molecule has 3 aromatic rings. The Bertz CT molecular complexity index is 969. The molecule has 1 fully saturated rings. The van der Waals surface area contributed by atoms with E-state index in [9.17, 15) is 4.79 Å². The first kappa shape index (κ1) is 21.7. The minimum absolute atomic E-state index is 0.0821. The summed E-state index contributed by atoms with van der Waals surface area (Å²) >= 11 is 1.68. The fourth-order valence-electron chi connectivity index (χ4n) is 4.39. The molecule has 2 unspecified atom stereocenters. The second-order valence-corrected chi connectivity index (χ2v) is 9.35. The number of benzene rings is 1. The lowest BCUT2D eigenvalue weighted by Gasteiger charge is -2.32. The monoisotopic (exact) mass is 437 g/mol. The molecule has 0 radical (unpaired) electrons. The van der Waals surface area contributed by atoms with Crippen molar-refractivity contribution in [2.75, 3.05) is 19.6 Å². The summed E-state index contributed by atoms with van der Waals surface area (Å²) < 4.78 is 2.03. The minimum atomic E-state index is -0.0821. The summed E-state index contributed by atoms with van der Waals surface area (Å²) in [6.45, 7) is 7.73. The second kappa shape index (κ2) is 10.2. The summed E-state index contributed by atoms with van der Waals surface area (Å²) in [6.07, 6.45) is 2.89. The van der Waals surface area contributed by atoms with Gasteiger partial charge < -0.3 is 10.2 Å². The first-order chi connectivity index (χ1) is 15.1. The van der Waals surface area contributed by atoms with E-state index < -0.39 is 0 Å². The highest BCUT2D eigenvalue weighted by molar-refractivity contribution is 7.10. The van der Waals surface area contributed by atoms with Gasteiger partial charge in [-0.3, -0.25) is 4.79 Å². The van der Waals surface area contributed by atoms with Crippen LogP contribution in [0.3, 0.4) is 0 Å². The second-order valence-electron chi connectivity index (χ2n) is 8.37. The van der Waals surface area contributed by atoms with E-state index in [0.717, 1.165) is 48.3 Å². The van der Waals surface area contributed by atoms with Crippen LogP contribution in [0, 0.1) is 19.8 Å². The molecule has 2 atom stereocenters. The van der Waals surface area contributed by atoms with Crippen LogP contribution in [0.25, 0.3) is 0 Å². The Morgan fingerprint density at radius 2 is 2.06 bits per heavy atom. The number of nitrogens with one attached hydrogen (secondary N) is 1. The van der Waals surface area contributed by atoms with Crippen LogP contribution in [0.4, 0.5) is 0 Å². The Morgan fingerprint density at radius 1 is 1.23 bits per heavy atom. The van der Waals surface area contributed by atoms with Crippen LogP contribution in [0.2, 0.25) is 0 Å². The van der Waals surface area contributed by atoms with Gasteiger partial charge in [0.25, 0.3) is 0 Å². The number of likely N-dealkylation sites (tertiary alicyclic amines) is 1. The molecule has 1 amide bonds. The number of carbonyl (C=O) groups is 1. The Hall–Kier alpha value is -2.51. The molecule has 1 N–H and O–H groups in total. The first-order valence-corrected chi connectivity index (χ1v) is 11.9. The predicted molar refractivity (Wildman–Crippen MR) is 124 cm³/mol. The van der Waals surface area contributed by atoms with Gasteiger partial charge in [-0.1, -0.05) is 36.4 Å². The SMILES string of the molecule is Cc1nc(C)n(CC2CCCN(CCC(=O)NC(c3ccccc3)c3cccs3)C2)n1. The van der Waals surface area contributed by atoms with Crippen LogP contribution in [-0.2, 0) is 11.3 Å². The van der Waals surface area contributed by atoms with E-state index >= 15 is 0 Å². The summed E-state index contributed by atoms with van der Waals surface area (Å²) in [5.74, 6) is 2.47. The number of carbonyl (C=O) groups excluding carboxylic acids is 1. The summed E-state index contributed by atoms with van der Waals surface area (Å²) in [6, 6.07) is 14.2. The fourth-order valence-corrected chi connectivity index (χ4v) is 5.20. The van der Waals surface area contributed by atoms with Gasteiger partial charge in [-0.05, 0) is 56.2 Å². The molecule has 1 aliphatic rings. The number of nitrogens with zero attached hydrogens (tertiary/aromatic N) is 4. The van der Waals surface area contributed by atoms with Crippen molar-refractivity contribution in [3.8, 4) is 0 Å². The van der Waals surface area contributed by atoms with Gasteiger partial charge >= 0.3 is 0 Å². The lowest BCUT2D eigenvalue weighted by molar-refractivity contribution is -0.122. The summed E-state index contributed by atoms with van der Waals surface area (Å²) in [5.41, 5.74) is 1.12. The maximum atomic E-state index is 12.8. The number of aromatic nitrogens is 3. The number of hydrogen-bond acceptors (Lipinski definition) is 5. The summed E-state index contributed by atoms with van der Waals surface area (Å²) in [4.78, 5) is 20.8. The van der Waals surface area contributed by atoms with Crippen LogP contribution in [-0.4, -0.2) is 45.2 Å². The molecule has 3 heterocycles. The molecule has 0 bridgehead atoms. The quantitative estimate of drug-likeness (QED) is 0.579. The van der Waals surface area contributed by atoms with Gasteiger partial charge in [0.05, 0.1) is 6.04 Å². The highest BCUT2D eigenvalue weighted by Gasteiger charge is 2.23. The van der Waals surface area contributed by atoms with E-state index in [1.54, 1.807) is 11.3 Å². The summed E-state index contributed by atoms with van der Waals surface area (Å²) in [7, 11) is 0. The Labute approximate surface area is 188 Å². The van der Waals surface area contributed by atoms with Crippen LogP contribution in [0.1, 0.15) is 47.4 Å². The molecular formula is C24H31N5OS. The van der Waals surface area contributed by atoms with Crippen LogP contribution >= 0.6 is 11.3 Å². The molecule has 0 aliphatic carbocycles. The number of amides is 1.